The summed E-state index contributed by atoms with van der Waals surface area (Å²) in [5, 5.41) is 11.8. The number of nitriles is 1. The molecule has 0 spiro atoms. The standard InChI is InChI=1S/C24H14N2O2S2/c1-13-22(17-6-4-15(11-27)8-20(17)29-13)19(10-25)24(26-3)23-14(2)30-21-9-16(12-28)5-7-18(21)23/h4-9,11-12H,1-2H3/b24-19+. The first-order valence-electron chi connectivity index (χ1n) is 9.01. The van der Waals surface area contributed by atoms with Crippen LogP contribution < -0.4 is 0 Å². The zero-order valence-electron chi connectivity index (χ0n) is 16.1. The summed E-state index contributed by atoms with van der Waals surface area (Å²) in [5.74, 6) is 0. The molecule has 2 aromatic carbocycles. The Balaban J connectivity index is 2.06. The highest BCUT2D eigenvalue weighted by molar-refractivity contribution is 7.19. The maximum absolute atomic E-state index is 11.1. The van der Waals surface area contributed by atoms with Crippen molar-refractivity contribution in [1.82, 2.24) is 0 Å². The molecule has 2 heterocycles. The van der Waals surface area contributed by atoms with Gasteiger partial charge in [-0.15, -0.1) is 22.7 Å². The van der Waals surface area contributed by atoms with E-state index in [2.05, 4.69) is 10.9 Å². The second-order valence-corrected chi connectivity index (χ2v) is 9.27. The smallest absolute Gasteiger partial charge is 0.214 e. The Kier molecular flexibility index (Phi) is 5.05. The van der Waals surface area contributed by atoms with Crippen LogP contribution >= 0.6 is 22.7 Å². The number of carbonyl (C=O) groups excluding carboxylic acids is 2. The largest absolute Gasteiger partial charge is 0.298 e. The number of nitrogens with zero attached hydrogens (tertiary/aromatic N) is 2. The highest BCUT2D eigenvalue weighted by atomic mass is 32.1. The summed E-state index contributed by atoms with van der Waals surface area (Å²) in [6.07, 6.45) is 1.60. The molecule has 0 aliphatic heterocycles. The Bertz CT molecular complexity index is 1360. The van der Waals surface area contributed by atoms with E-state index in [0.717, 1.165) is 53.6 Å². The van der Waals surface area contributed by atoms with Gasteiger partial charge in [0.15, 0.2) is 0 Å². The lowest BCUT2D eigenvalue weighted by molar-refractivity contribution is 0.111. The Morgan fingerprint density at radius 3 is 1.90 bits per heavy atom. The first-order chi connectivity index (χ1) is 14.5. The molecule has 0 aliphatic carbocycles. The zero-order chi connectivity index (χ0) is 21.4. The van der Waals surface area contributed by atoms with Crippen LogP contribution in [0.1, 0.15) is 41.6 Å². The van der Waals surface area contributed by atoms with E-state index < -0.39 is 0 Å². The van der Waals surface area contributed by atoms with Crippen LogP contribution in [0, 0.1) is 31.8 Å². The van der Waals surface area contributed by atoms with Crippen molar-refractivity contribution in [2.45, 2.75) is 13.8 Å². The van der Waals surface area contributed by atoms with Gasteiger partial charge in [0.25, 0.3) is 0 Å². The summed E-state index contributed by atoms with van der Waals surface area (Å²) in [4.78, 5) is 27.9. The van der Waals surface area contributed by atoms with Crippen LogP contribution in [0.2, 0.25) is 0 Å². The van der Waals surface area contributed by atoms with Crippen molar-refractivity contribution in [3.63, 3.8) is 0 Å². The van der Waals surface area contributed by atoms with Crippen molar-refractivity contribution >= 4 is 66.7 Å². The van der Waals surface area contributed by atoms with E-state index in [-0.39, 0.29) is 0 Å². The maximum atomic E-state index is 11.1. The number of hydrogen-bond acceptors (Lipinski definition) is 5. The van der Waals surface area contributed by atoms with Crippen LogP contribution in [-0.4, -0.2) is 12.6 Å². The number of carbonyl (C=O) groups is 2. The Labute approximate surface area is 181 Å². The molecule has 4 nitrogen and oxygen atoms in total. The number of aryl methyl sites for hydroxylation is 2. The van der Waals surface area contributed by atoms with Gasteiger partial charge >= 0.3 is 0 Å². The number of aldehydes is 2. The van der Waals surface area contributed by atoms with Gasteiger partial charge < -0.3 is 0 Å². The first kappa shape index (κ1) is 19.7. The predicted molar refractivity (Wildman–Crippen MR) is 123 cm³/mol. The molecule has 0 bridgehead atoms. The molecular formula is C24H14N2O2S2. The average molecular weight is 427 g/mol. The van der Waals surface area contributed by atoms with Gasteiger partial charge in [-0.05, 0) is 36.2 Å². The Morgan fingerprint density at radius 1 is 0.933 bits per heavy atom. The van der Waals surface area contributed by atoms with Gasteiger partial charge in [-0.25, -0.2) is 4.85 Å². The average Bonchev–Trinajstić information content (AvgIpc) is 3.25. The van der Waals surface area contributed by atoms with Gasteiger partial charge in [0.2, 0.25) is 5.70 Å². The van der Waals surface area contributed by atoms with Crippen LogP contribution in [-0.2, 0) is 0 Å². The fourth-order valence-electron chi connectivity index (χ4n) is 3.69. The minimum absolute atomic E-state index is 0.308. The summed E-state index contributed by atoms with van der Waals surface area (Å²) in [7, 11) is 0. The number of rotatable bonds is 4. The molecule has 2 aromatic heterocycles. The van der Waals surface area contributed by atoms with Crippen molar-refractivity contribution in [2.24, 2.45) is 0 Å². The van der Waals surface area contributed by atoms with E-state index in [4.69, 9.17) is 6.57 Å². The zero-order valence-corrected chi connectivity index (χ0v) is 17.8. The summed E-state index contributed by atoms with van der Waals surface area (Å²) in [6, 6.07) is 13.0. The summed E-state index contributed by atoms with van der Waals surface area (Å²) in [6.45, 7) is 11.7. The van der Waals surface area contributed by atoms with Crippen molar-refractivity contribution in [3.05, 3.63) is 79.8 Å². The lowest BCUT2D eigenvalue weighted by atomic mass is 9.96. The maximum Gasteiger partial charge on any atom is 0.214 e. The first-order valence-corrected chi connectivity index (χ1v) is 10.6. The lowest BCUT2D eigenvalue weighted by Gasteiger charge is -2.06. The molecule has 0 saturated carbocycles. The van der Waals surface area contributed by atoms with E-state index >= 15 is 0 Å². The molecule has 4 rings (SSSR count). The Hall–Kier alpha value is -3.58. The van der Waals surface area contributed by atoms with Crippen LogP contribution in [0.3, 0.4) is 0 Å². The molecule has 0 unspecified atom stereocenters. The Morgan fingerprint density at radius 2 is 1.43 bits per heavy atom. The minimum atomic E-state index is 0.308. The quantitative estimate of drug-likeness (QED) is 0.208. The monoisotopic (exact) mass is 426 g/mol. The second-order valence-electron chi connectivity index (χ2n) is 6.76. The molecular weight excluding hydrogens is 412 g/mol. The molecule has 0 amide bonds. The molecule has 6 heteroatoms. The van der Waals surface area contributed by atoms with Crippen LogP contribution in [0.5, 0.6) is 0 Å². The van der Waals surface area contributed by atoms with E-state index in [1.165, 1.54) is 22.7 Å². The molecule has 0 N–H and O–H groups in total. The fraction of sp³-hybridized carbons (Fsp3) is 0.0833. The summed E-state index contributed by atoms with van der Waals surface area (Å²) >= 11 is 3.01. The van der Waals surface area contributed by atoms with Crippen LogP contribution in [0.4, 0.5) is 0 Å². The van der Waals surface area contributed by atoms with Crippen molar-refractivity contribution in [2.75, 3.05) is 0 Å². The van der Waals surface area contributed by atoms with Gasteiger partial charge in [0.1, 0.15) is 12.6 Å². The van der Waals surface area contributed by atoms with Crippen molar-refractivity contribution in [3.8, 4) is 6.07 Å². The van der Waals surface area contributed by atoms with Gasteiger partial charge in [0.05, 0.1) is 18.2 Å². The SMILES string of the molecule is [C-]#[N+]/C(=C(\C#N)c1c(C)sc2cc(C=O)ccc12)c1c(C)sc2cc(C=O)ccc12. The molecule has 0 fully saturated rings. The number of thiophene rings is 2. The van der Waals surface area contributed by atoms with Crippen molar-refractivity contribution < 1.29 is 9.59 Å². The molecule has 30 heavy (non-hydrogen) atoms. The lowest BCUT2D eigenvalue weighted by Crippen LogP contribution is -1.90. The van der Waals surface area contributed by atoms with E-state index in [1.54, 1.807) is 12.1 Å². The highest BCUT2D eigenvalue weighted by Crippen LogP contribution is 2.43. The van der Waals surface area contributed by atoms with E-state index in [1.807, 2.05) is 38.1 Å². The number of benzene rings is 2. The van der Waals surface area contributed by atoms with Crippen molar-refractivity contribution in [1.29, 1.82) is 5.26 Å². The number of fused-ring (bicyclic) bond motifs is 2. The molecule has 0 aliphatic rings. The molecule has 4 aromatic rings. The number of allylic oxidation sites excluding steroid dienone is 1. The third-order valence-corrected chi connectivity index (χ3v) is 7.14. The fourth-order valence-corrected chi connectivity index (χ4v) is 5.92. The van der Waals surface area contributed by atoms with Gasteiger partial charge in [-0.3, -0.25) is 9.59 Å². The third-order valence-electron chi connectivity index (χ3n) is 5.00. The third kappa shape index (κ3) is 3.04. The molecule has 144 valence electrons. The van der Waals surface area contributed by atoms with E-state index in [0.29, 0.717) is 22.4 Å². The normalized spacial score (nSPS) is 11.7. The van der Waals surface area contributed by atoms with Crippen LogP contribution in [0.15, 0.2) is 36.4 Å². The minimum Gasteiger partial charge on any atom is -0.298 e. The van der Waals surface area contributed by atoms with Gasteiger partial charge in [0, 0.05) is 41.9 Å². The molecule has 0 saturated heterocycles. The highest BCUT2D eigenvalue weighted by Gasteiger charge is 2.22. The predicted octanol–water partition coefficient (Wildman–Crippen LogP) is 6.67. The van der Waals surface area contributed by atoms with Gasteiger partial charge in [-0.1, -0.05) is 24.3 Å². The van der Waals surface area contributed by atoms with Crippen LogP contribution in [0.25, 0.3) is 36.3 Å². The topological polar surface area (TPSA) is 62.3 Å². The van der Waals surface area contributed by atoms with E-state index in [9.17, 15) is 14.9 Å². The number of hydrogen-bond donors (Lipinski definition) is 0. The van der Waals surface area contributed by atoms with Gasteiger partial charge in [-0.2, -0.15) is 5.26 Å². The summed E-state index contributed by atoms with van der Waals surface area (Å²) in [5.41, 5.74) is 3.27. The molecule has 0 radical (unpaired) electrons. The molecule has 0 atom stereocenters. The summed E-state index contributed by atoms with van der Waals surface area (Å²) < 4.78 is 1.82. The second kappa shape index (κ2) is 7.68.